The second kappa shape index (κ2) is 5.46. The molecule has 3 rings (SSSR count). The van der Waals surface area contributed by atoms with Crippen LogP contribution in [-0.2, 0) is 14.0 Å². The van der Waals surface area contributed by atoms with E-state index in [1.807, 2.05) is 33.8 Å². The van der Waals surface area contributed by atoms with Crippen LogP contribution in [0.4, 0.5) is 0 Å². The monoisotopic (exact) mass is 329 g/mol. The second-order valence-electron chi connectivity index (χ2n) is 6.90. The second-order valence-corrected chi connectivity index (χ2v) is 6.90. The molecule has 0 radical (unpaired) electrons. The molecule has 2 aromatic rings. The number of nitrogens with one attached hydrogen (secondary N) is 1. The van der Waals surface area contributed by atoms with E-state index in [1.165, 1.54) is 13.2 Å². The fraction of sp³-hybridized carbons (Fsp3) is 0.412. The highest BCUT2D eigenvalue weighted by Crippen LogP contribution is 2.36. The maximum absolute atomic E-state index is 12.3. The Bertz CT molecular complexity index is 855. The van der Waals surface area contributed by atoms with Crippen molar-refractivity contribution in [3.63, 3.8) is 0 Å². The highest BCUT2D eigenvalue weighted by atomic mass is 16.7. The molecule has 7 heteroatoms. The smallest absolute Gasteiger partial charge is 0.464 e. The first-order valence-corrected chi connectivity index (χ1v) is 7.76. The van der Waals surface area contributed by atoms with Gasteiger partial charge in [0.05, 0.1) is 18.3 Å². The summed E-state index contributed by atoms with van der Waals surface area (Å²) in [7, 11) is 0.632. The normalized spacial score (nSPS) is 18.8. The van der Waals surface area contributed by atoms with E-state index < -0.39 is 24.3 Å². The molecule has 0 saturated carbocycles. The summed E-state index contributed by atoms with van der Waals surface area (Å²) in [6.07, 6.45) is 0. The number of carbonyl (C=O) groups is 1. The Hall–Kier alpha value is -2.12. The van der Waals surface area contributed by atoms with E-state index in [1.54, 1.807) is 12.1 Å². The van der Waals surface area contributed by atoms with Gasteiger partial charge in [0.15, 0.2) is 5.43 Å². The number of aromatic nitrogens is 1. The van der Waals surface area contributed by atoms with Crippen LogP contribution >= 0.6 is 0 Å². The van der Waals surface area contributed by atoms with E-state index in [0.29, 0.717) is 16.4 Å². The van der Waals surface area contributed by atoms with Crippen molar-refractivity contribution >= 4 is 29.5 Å². The highest BCUT2D eigenvalue weighted by Gasteiger charge is 2.52. The number of hydrogen-bond acceptors (Lipinski definition) is 5. The molecule has 0 unspecified atom stereocenters. The molecule has 6 nitrogen and oxygen atoms in total. The van der Waals surface area contributed by atoms with Crippen LogP contribution in [-0.4, -0.2) is 36.4 Å². The molecule has 126 valence electrons. The fourth-order valence-corrected chi connectivity index (χ4v) is 2.68. The van der Waals surface area contributed by atoms with Crippen molar-refractivity contribution in [1.82, 2.24) is 4.98 Å². The molecule has 24 heavy (non-hydrogen) atoms. The first-order valence-electron chi connectivity index (χ1n) is 7.76. The third kappa shape index (κ3) is 2.54. The van der Waals surface area contributed by atoms with E-state index in [0.717, 1.165) is 0 Å². The molecule has 1 aromatic carbocycles. The summed E-state index contributed by atoms with van der Waals surface area (Å²) in [5.41, 5.74) is 0.0274. The zero-order valence-electron chi connectivity index (χ0n) is 14.4. The maximum atomic E-state index is 12.3. The van der Waals surface area contributed by atoms with Gasteiger partial charge in [0.1, 0.15) is 5.69 Å². The average molecular weight is 329 g/mol. The number of H-pyrrole nitrogens is 1. The Labute approximate surface area is 140 Å². The number of para-hydroxylation sites is 1. The number of benzene rings is 1. The molecule has 1 aliphatic heterocycles. The number of hydrogen-bond donors (Lipinski definition) is 1. The minimum absolute atomic E-state index is 0.0963. The van der Waals surface area contributed by atoms with Crippen molar-refractivity contribution in [2.45, 2.75) is 38.9 Å². The van der Waals surface area contributed by atoms with Crippen LogP contribution < -0.4 is 10.9 Å². The van der Waals surface area contributed by atoms with Gasteiger partial charge in [-0.25, -0.2) is 4.79 Å². The summed E-state index contributed by atoms with van der Waals surface area (Å²) in [5.74, 6) is -0.599. The Morgan fingerprint density at radius 3 is 2.38 bits per heavy atom. The van der Waals surface area contributed by atoms with Gasteiger partial charge in [0.25, 0.3) is 0 Å². The summed E-state index contributed by atoms with van der Waals surface area (Å²) in [6.45, 7) is 7.84. The predicted octanol–water partition coefficient (Wildman–Crippen LogP) is 1.61. The van der Waals surface area contributed by atoms with Crippen LogP contribution in [0.5, 0.6) is 0 Å². The van der Waals surface area contributed by atoms with Crippen LogP contribution in [0, 0.1) is 0 Å². The third-order valence-electron chi connectivity index (χ3n) is 4.81. The molecule has 0 spiro atoms. The lowest BCUT2D eigenvalue weighted by Crippen LogP contribution is -2.41. The molecular weight excluding hydrogens is 309 g/mol. The minimum atomic E-state index is -0.637. The van der Waals surface area contributed by atoms with Crippen LogP contribution in [0.25, 0.3) is 10.9 Å². The molecular formula is C17H20BNO5. The molecule has 1 saturated heterocycles. The third-order valence-corrected chi connectivity index (χ3v) is 4.81. The largest absolute Gasteiger partial charge is 0.497 e. The van der Waals surface area contributed by atoms with Crippen molar-refractivity contribution in [2.24, 2.45) is 0 Å². The zero-order chi connectivity index (χ0) is 17.7. The van der Waals surface area contributed by atoms with Crippen LogP contribution in [0.2, 0.25) is 0 Å². The quantitative estimate of drug-likeness (QED) is 0.669. The summed E-state index contributed by atoms with van der Waals surface area (Å²) >= 11 is 0. The van der Waals surface area contributed by atoms with Gasteiger partial charge in [-0.05, 0) is 33.8 Å². The molecule has 2 heterocycles. The van der Waals surface area contributed by atoms with Crippen molar-refractivity contribution in [2.75, 3.05) is 7.11 Å². The molecule has 1 fully saturated rings. The standard InChI is InChI=1S/C17H20BNO5/c1-16(2)17(3,4)24-18(23-16)11-8-6-7-10-13(20)9-12(15(21)22-5)19-14(10)11/h6-9H,1-5H3,(H,19,20). The van der Waals surface area contributed by atoms with E-state index in [2.05, 4.69) is 4.98 Å². The van der Waals surface area contributed by atoms with Crippen LogP contribution in [0.1, 0.15) is 38.2 Å². The first-order chi connectivity index (χ1) is 11.2. The Balaban J connectivity index is 2.18. The average Bonchev–Trinajstić information content (AvgIpc) is 2.74. The van der Waals surface area contributed by atoms with Crippen LogP contribution in [0.3, 0.4) is 0 Å². The molecule has 1 aromatic heterocycles. The van der Waals surface area contributed by atoms with Gasteiger partial charge in [-0.2, -0.15) is 0 Å². The highest BCUT2D eigenvalue weighted by molar-refractivity contribution is 6.64. The lowest BCUT2D eigenvalue weighted by atomic mass is 9.77. The van der Waals surface area contributed by atoms with Crippen molar-refractivity contribution in [3.05, 3.63) is 40.2 Å². The van der Waals surface area contributed by atoms with E-state index in [-0.39, 0.29) is 11.1 Å². The van der Waals surface area contributed by atoms with Crippen molar-refractivity contribution in [1.29, 1.82) is 0 Å². The molecule has 0 aliphatic carbocycles. The number of esters is 1. The van der Waals surface area contributed by atoms with Gasteiger partial charge < -0.3 is 19.0 Å². The van der Waals surface area contributed by atoms with Gasteiger partial charge in [0, 0.05) is 22.4 Å². The maximum Gasteiger partial charge on any atom is 0.497 e. The van der Waals surface area contributed by atoms with Crippen molar-refractivity contribution < 1.29 is 18.8 Å². The Morgan fingerprint density at radius 2 is 1.79 bits per heavy atom. The van der Waals surface area contributed by atoms with Gasteiger partial charge in [-0.1, -0.05) is 12.1 Å². The number of carbonyl (C=O) groups excluding carboxylic acids is 1. The number of ether oxygens (including phenoxy) is 1. The Morgan fingerprint density at radius 1 is 1.17 bits per heavy atom. The number of methoxy groups -OCH3 is 1. The number of fused-ring (bicyclic) bond motifs is 1. The first kappa shape index (κ1) is 16.7. The summed E-state index contributed by atoms with van der Waals surface area (Å²) in [6, 6.07) is 6.53. The lowest BCUT2D eigenvalue weighted by molar-refractivity contribution is 0.00578. The molecule has 0 atom stereocenters. The number of aromatic amines is 1. The summed E-state index contributed by atoms with van der Waals surface area (Å²) < 4.78 is 16.8. The summed E-state index contributed by atoms with van der Waals surface area (Å²) in [4.78, 5) is 27.1. The van der Waals surface area contributed by atoms with Gasteiger partial charge in [0.2, 0.25) is 0 Å². The zero-order valence-corrected chi connectivity index (χ0v) is 14.4. The van der Waals surface area contributed by atoms with E-state index in [9.17, 15) is 9.59 Å². The van der Waals surface area contributed by atoms with Crippen LogP contribution in [0.15, 0.2) is 29.1 Å². The molecule has 0 amide bonds. The van der Waals surface area contributed by atoms with E-state index >= 15 is 0 Å². The number of pyridine rings is 1. The molecule has 1 aliphatic rings. The SMILES string of the molecule is COC(=O)c1cc(=O)c2cccc(B3OC(C)(C)C(C)(C)O3)c2[nH]1. The fourth-order valence-electron chi connectivity index (χ4n) is 2.68. The Kier molecular flexibility index (Phi) is 3.81. The van der Waals surface area contributed by atoms with Gasteiger partial charge >= 0.3 is 13.1 Å². The number of rotatable bonds is 2. The lowest BCUT2D eigenvalue weighted by Gasteiger charge is -2.32. The van der Waals surface area contributed by atoms with E-state index in [4.69, 9.17) is 14.0 Å². The van der Waals surface area contributed by atoms with Gasteiger partial charge in [-0.3, -0.25) is 4.79 Å². The molecule has 0 bridgehead atoms. The van der Waals surface area contributed by atoms with Crippen molar-refractivity contribution in [3.8, 4) is 0 Å². The topological polar surface area (TPSA) is 77.6 Å². The van der Waals surface area contributed by atoms with Gasteiger partial charge in [-0.15, -0.1) is 0 Å². The predicted molar refractivity (Wildman–Crippen MR) is 91.6 cm³/mol. The molecule has 1 N–H and O–H groups in total. The minimum Gasteiger partial charge on any atom is -0.464 e. The summed E-state index contributed by atoms with van der Waals surface area (Å²) in [5, 5.41) is 0.467.